The predicted molar refractivity (Wildman–Crippen MR) is 52.1 cm³/mol. The van der Waals surface area contributed by atoms with E-state index in [9.17, 15) is 4.79 Å². The number of phenolic OH excluding ortho intramolecular Hbond substituents is 1. The minimum absolute atomic E-state index is 0.154. The zero-order chi connectivity index (χ0) is 10.6. The van der Waals surface area contributed by atoms with Gasteiger partial charge in [-0.1, -0.05) is 12.1 Å². The monoisotopic (exact) mass is 191 g/mol. The Labute approximate surface area is 83.0 Å². The average Bonchev–Trinajstić information content (AvgIpc) is 2.16. The average molecular weight is 191 g/mol. The van der Waals surface area contributed by atoms with E-state index in [1.54, 1.807) is 12.1 Å². The molecule has 1 rings (SSSR count). The first kappa shape index (κ1) is 10.6. The number of phenols is 1. The van der Waals surface area contributed by atoms with Crippen molar-refractivity contribution < 1.29 is 15.0 Å². The zero-order valence-corrected chi connectivity index (χ0v) is 7.47. The maximum atomic E-state index is 10.6. The lowest BCUT2D eigenvalue weighted by molar-refractivity contribution is -0.138. The summed E-state index contributed by atoms with van der Waals surface area (Å²) in [5, 5.41) is 19.9. The highest BCUT2D eigenvalue weighted by atomic mass is 16.4. The molecular weight excluding hydrogens is 181 g/mol. The smallest absolute Gasteiger partial charge is 0.319 e. The summed E-state index contributed by atoms with van der Waals surface area (Å²) >= 11 is 0. The number of hydrogen-bond donors (Lipinski definition) is 3. The number of aliphatic carboxylic acids is 1. The first-order chi connectivity index (χ1) is 6.63. The highest BCUT2D eigenvalue weighted by Crippen LogP contribution is 2.11. The summed E-state index contributed by atoms with van der Waals surface area (Å²) in [6.45, 7) is 0. The van der Waals surface area contributed by atoms with Crippen LogP contribution in [-0.4, -0.2) is 30.2 Å². The zero-order valence-electron chi connectivity index (χ0n) is 7.47. The minimum Gasteiger partial charge on any atom is -0.508 e. The van der Waals surface area contributed by atoms with E-state index in [1.807, 2.05) is 0 Å². The van der Waals surface area contributed by atoms with Crippen LogP contribution in [0.4, 0.5) is 0 Å². The van der Waals surface area contributed by atoms with Crippen molar-refractivity contribution in [2.75, 3.05) is 0 Å². The van der Waals surface area contributed by atoms with E-state index in [4.69, 9.17) is 18.2 Å². The Hall–Kier alpha value is -1.49. The van der Waals surface area contributed by atoms with Crippen molar-refractivity contribution in [2.45, 2.75) is 12.5 Å². The summed E-state index contributed by atoms with van der Waals surface area (Å²) in [4.78, 5) is 10.6. The number of carboxylic acid groups (broad SMARTS) is 1. The van der Waals surface area contributed by atoms with Gasteiger partial charge in [-0.15, -0.1) is 0 Å². The highest BCUT2D eigenvalue weighted by molar-refractivity contribution is 6.06. The molecule has 0 spiro atoms. The van der Waals surface area contributed by atoms with Crippen LogP contribution in [0.2, 0.25) is 0 Å². The van der Waals surface area contributed by atoms with Crippen LogP contribution in [0, 0.1) is 0 Å². The Morgan fingerprint density at radius 3 is 2.43 bits per heavy atom. The van der Waals surface area contributed by atoms with Crippen molar-refractivity contribution >= 4 is 14.0 Å². The maximum Gasteiger partial charge on any atom is 0.319 e. The van der Waals surface area contributed by atoms with Crippen LogP contribution in [0.1, 0.15) is 5.56 Å². The molecule has 0 aliphatic heterocycles. The van der Waals surface area contributed by atoms with Crippen LogP contribution in [-0.2, 0) is 11.2 Å². The number of benzene rings is 1. The second-order valence-corrected chi connectivity index (χ2v) is 2.93. The molecule has 0 aliphatic carbocycles. The number of nitrogens with one attached hydrogen (secondary N) is 1. The maximum absolute atomic E-state index is 10.6. The second kappa shape index (κ2) is 4.67. The van der Waals surface area contributed by atoms with Gasteiger partial charge in [0, 0.05) is 0 Å². The molecule has 0 heterocycles. The van der Waals surface area contributed by atoms with E-state index in [2.05, 4.69) is 5.23 Å². The molecule has 0 saturated heterocycles. The van der Waals surface area contributed by atoms with Gasteiger partial charge in [-0.3, -0.25) is 4.79 Å². The summed E-state index contributed by atoms with van der Waals surface area (Å²) in [7, 11) is 5.07. The van der Waals surface area contributed by atoms with Gasteiger partial charge in [-0.05, 0) is 24.1 Å². The van der Waals surface area contributed by atoms with Crippen molar-refractivity contribution in [3.05, 3.63) is 29.8 Å². The normalized spacial score (nSPS) is 12.3. The lowest BCUT2D eigenvalue weighted by Gasteiger charge is -2.10. The number of hydrogen-bond acceptors (Lipinski definition) is 3. The molecule has 1 aromatic rings. The molecule has 5 heteroatoms. The molecule has 0 amide bonds. The SMILES string of the molecule is [B]NC(Cc1ccc(O)cc1)C(=O)O. The van der Waals surface area contributed by atoms with Gasteiger partial charge in [0.2, 0.25) is 0 Å². The highest BCUT2D eigenvalue weighted by Gasteiger charge is 2.14. The van der Waals surface area contributed by atoms with Crippen molar-refractivity contribution in [2.24, 2.45) is 0 Å². The van der Waals surface area contributed by atoms with E-state index in [0.717, 1.165) is 5.56 Å². The first-order valence-corrected chi connectivity index (χ1v) is 4.10. The number of aromatic hydroxyl groups is 1. The van der Waals surface area contributed by atoms with E-state index >= 15 is 0 Å². The summed E-state index contributed by atoms with van der Waals surface area (Å²) in [6, 6.07) is 5.51. The fourth-order valence-electron chi connectivity index (χ4n) is 1.09. The fourth-order valence-corrected chi connectivity index (χ4v) is 1.09. The standard InChI is InChI=1S/C9H10BNO3/c10-11-8(9(13)14)5-6-1-3-7(12)4-2-6/h1-4,8,11-12H,5H2,(H,13,14). The van der Waals surface area contributed by atoms with E-state index < -0.39 is 12.0 Å². The molecule has 2 radical (unpaired) electrons. The van der Waals surface area contributed by atoms with Crippen LogP contribution in [0.5, 0.6) is 5.75 Å². The number of carbonyl (C=O) groups is 1. The molecule has 1 atom stereocenters. The fraction of sp³-hybridized carbons (Fsp3) is 0.222. The van der Waals surface area contributed by atoms with Crippen molar-refractivity contribution in [3.63, 3.8) is 0 Å². The molecule has 0 fully saturated rings. The van der Waals surface area contributed by atoms with Crippen molar-refractivity contribution in [1.82, 2.24) is 5.23 Å². The molecule has 14 heavy (non-hydrogen) atoms. The molecule has 0 saturated carbocycles. The lowest BCUT2D eigenvalue weighted by atomic mass is 10.0. The van der Waals surface area contributed by atoms with Gasteiger partial charge < -0.3 is 15.4 Å². The lowest BCUT2D eigenvalue weighted by Crippen LogP contribution is -2.36. The second-order valence-electron chi connectivity index (χ2n) is 2.93. The van der Waals surface area contributed by atoms with Crippen LogP contribution in [0.3, 0.4) is 0 Å². The summed E-state index contributed by atoms with van der Waals surface area (Å²) in [5.74, 6) is -0.845. The molecule has 0 bridgehead atoms. The van der Waals surface area contributed by atoms with Crippen LogP contribution in [0.25, 0.3) is 0 Å². The Kier molecular flexibility index (Phi) is 3.53. The molecule has 4 nitrogen and oxygen atoms in total. The van der Waals surface area contributed by atoms with Crippen LogP contribution >= 0.6 is 0 Å². The van der Waals surface area contributed by atoms with Gasteiger partial charge in [0.1, 0.15) is 5.75 Å². The Morgan fingerprint density at radius 1 is 1.43 bits per heavy atom. The summed E-state index contributed by atoms with van der Waals surface area (Å²) < 4.78 is 0. The summed E-state index contributed by atoms with van der Waals surface area (Å²) in [5.41, 5.74) is 0.799. The minimum atomic E-state index is -0.999. The topological polar surface area (TPSA) is 69.6 Å². The quantitative estimate of drug-likeness (QED) is 0.588. The number of carboxylic acids is 1. The molecule has 1 unspecified atom stereocenters. The predicted octanol–water partition coefficient (Wildman–Crippen LogP) is 0.0610. The van der Waals surface area contributed by atoms with Gasteiger partial charge in [0.15, 0.2) is 7.98 Å². The van der Waals surface area contributed by atoms with Crippen LogP contribution in [0.15, 0.2) is 24.3 Å². The largest absolute Gasteiger partial charge is 0.508 e. The van der Waals surface area contributed by atoms with E-state index in [0.29, 0.717) is 0 Å². The molecule has 72 valence electrons. The van der Waals surface area contributed by atoms with Gasteiger partial charge in [-0.2, -0.15) is 0 Å². The molecule has 0 aromatic heterocycles. The third kappa shape index (κ3) is 2.78. The Morgan fingerprint density at radius 2 is 2.00 bits per heavy atom. The third-order valence-electron chi connectivity index (χ3n) is 1.88. The molecule has 3 N–H and O–H groups in total. The molecule has 1 aromatic carbocycles. The van der Waals surface area contributed by atoms with E-state index in [1.165, 1.54) is 12.1 Å². The first-order valence-electron chi connectivity index (χ1n) is 4.10. The van der Waals surface area contributed by atoms with Crippen molar-refractivity contribution in [3.8, 4) is 5.75 Å². The summed E-state index contributed by atoms with van der Waals surface area (Å²) in [6.07, 6.45) is 0.284. The Bertz CT molecular complexity index is 312. The van der Waals surface area contributed by atoms with Gasteiger partial charge >= 0.3 is 5.97 Å². The van der Waals surface area contributed by atoms with Gasteiger partial charge in [-0.25, -0.2) is 0 Å². The Balaban J connectivity index is 2.67. The van der Waals surface area contributed by atoms with Gasteiger partial charge in [0.25, 0.3) is 0 Å². The molecular formula is C9H10BNO3. The third-order valence-corrected chi connectivity index (χ3v) is 1.88. The molecule has 0 aliphatic rings. The van der Waals surface area contributed by atoms with Crippen molar-refractivity contribution in [1.29, 1.82) is 0 Å². The van der Waals surface area contributed by atoms with E-state index in [-0.39, 0.29) is 12.2 Å². The number of rotatable bonds is 4. The van der Waals surface area contributed by atoms with Crippen LogP contribution < -0.4 is 5.23 Å². The van der Waals surface area contributed by atoms with Gasteiger partial charge in [0.05, 0.1) is 6.04 Å².